The first-order valence-electron chi connectivity index (χ1n) is 6.34. The molecule has 0 saturated heterocycles. The molecule has 1 aromatic heterocycles. The quantitative estimate of drug-likeness (QED) is 0.874. The molecule has 2 rings (SSSR count). The molecule has 2 atom stereocenters. The monoisotopic (exact) mass is 265 g/mol. The lowest BCUT2D eigenvalue weighted by Gasteiger charge is -2.19. The second kappa shape index (κ2) is 6.09. The summed E-state index contributed by atoms with van der Waals surface area (Å²) in [5.41, 5.74) is 6.63. The van der Waals surface area contributed by atoms with Crippen LogP contribution in [-0.2, 0) is 0 Å². The van der Waals surface area contributed by atoms with Crippen LogP contribution in [0, 0.1) is 0 Å². The second-order valence-corrected chi connectivity index (χ2v) is 6.00. The lowest BCUT2D eigenvalue weighted by molar-refractivity contribution is 0.0933. The molecule has 2 unspecified atom stereocenters. The van der Waals surface area contributed by atoms with Crippen LogP contribution in [-0.4, -0.2) is 27.9 Å². The van der Waals surface area contributed by atoms with Gasteiger partial charge in [-0.05, 0) is 30.7 Å². The van der Waals surface area contributed by atoms with Crippen LogP contribution in [0.25, 0.3) is 0 Å². The molecule has 18 heavy (non-hydrogen) atoms. The average molecular weight is 265 g/mol. The molecule has 5 heteroatoms. The maximum Gasteiger partial charge on any atom is 0.270 e. The molecule has 1 amide bonds. The number of hydrogen-bond acceptors (Lipinski definition) is 4. The van der Waals surface area contributed by atoms with Gasteiger partial charge in [0, 0.05) is 23.2 Å². The number of aromatic nitrogens is 1. The number of nitrogens with two attached hydrogens (primary N) is 1. The molecule has 0 aliphatic heterocycles. The average Bonchev–Trinajstić information content (AvgIpc) is 2.77. The zero-order valence-electron chi connectivity index (χ0n) is 10.6. The van der Waals surface area contributed by atoms with Crippen molar-refractivity contribution in [3.8, 4) is 0 Å². The second-order valence-electron chi connectivity index (χ2n) is 4.48. The van der Waals surface area contributed by atoms with Gasteiger partial charge in [0.25, 0.3) is 5.91 Å². The molecule has 0 aromatic carbocycles. The molecular formula is C13H19N3OS. The van der Waals surface area contributed by atoms with Gasteiger partial charge in [-0.1, -0.05) is 13.3 Å². The lowest BCUT2D eigenvalue weighted by Crippen LogP contribution is -2.39. The Balaban J connectivity index is 1.98. The van der Waals surface area contributed by atoms with Crippen LogP contribution in [0.2, 0.25) is 0 Å². The van der Waals surface area contributed by atoms with E-state index in [1.54, 1.807) is 18.3 Å². The summed E-state index contributed by atoms with van der Waals surface area (Å²) in [6, 6.07) is 3.57. The van der Waals surface area contributed by atoms with Gasteiger partial charge in [-0.25, -0.2) is 0 Å². The number of nitrogen functional groups attached to an aromatic ring is 1. The first-order valence-corrected chi connectivity index (χ1v) is 7.39. The van der Waals surface area contributed by atoms with Gasteiger partial charge in [-0.15, -0.1) is 0 Å². The smallest absolute Gasteiger partial charge is 0.270 e. The number of amides is 1. The molecule has 1 saturated carbocycles. The third kappa shape index (κ3) is 3.16. The van der Waals surface area contributed by atoms with E-state index in [4.69, 9.17) is 5.73 Å². The molecule has 98 valence electrons. The zero-order chi connectivity index (χ0) is 13.0. The Labute approximate surface area is 112 Å². The SMILES string of the molecule is CCSC1CCCC1NC(=O)c1cc(N)ccn1. The molecule has 1 aromatic rings. The van der Waals surface area contributed by atoms with Crippen LogP contribution in [0.15, 0.2) is 18.3 Å². The van der Waals surface area contributed by atoms with E-state index in [2.05, 4.69) is 17.2 Å². The van der Waals surface area contributed by atoms with E-state index in [0.717, 1.165) is 12.2 Å². The first-order chi connectivity index (χ1) is 8.70. The summed E-state index contributed by atoms with van der Waals surface area (Å²) in [6.45, 7) is 2.15. The molecule has 1 aliphatic rings. The first kappa shape index (κ1) is 13.2. The number of rotatable bonds is 4. The number of carbonyl (C=O) groups excluding carboxylic acids is 1. The van der Waals surface area contributed by atoms with Crippen LogP contribution in [0.4, 0.5) is 5.69 Å². The van der Waals surface area contributed by atoms with E-state index >= 15 is 0 Å². The number of anilines is 1. The van der Waals surface area contributed by atoms with E-state index < -0.39 is 0 Å². The Bertz CT molecular complexity index is 424. The normalized spacial score (nSPS) is 22.9. The van der Waals surface area contributed by atoms with Gasteiger partial charge in [-0.2, -0.15) is 11.8 Å². The number of nitrogens with one attached hydrogen (secondary N) is 1. The maximum absolute atomic E-state index is 12.1. The zero-order valence-corrected chi connectivity index (χ0v) is 11.4. The Hall–Kier alpha value is -1.23. The summed E-state index contributed by atoms with van der Waals surface area (Å²) in [4.78, 5) is 16.1. The van der Waals surface area contributed by atoms with Crippen molar-refractivity contribution in [3.63, 3.8) is 0 Å². The van der Waals surface area contributed by atoms with E-state index in [0.29, 0.717) is 16.6 Å². The van der Waals surface area contributed by atoms with Gasteiger partial charge in [0.15, 0.2) is 0 Å². The van der Waals surface area contributed by atoms with Crippen LogP contribution >= 0.6 is 11.8 Å². The van der Waals surface area contributed by atoms with Crippen LogP contribution < -0.4 is 11.1 Å². The van der Waals surface area contributed by atoms with Crippen molar-refractivity contribution in [3.05, 3.63) is 24.0 Å². The summed E-state index contributed by atoms with van der Waals surface area (Å²) < 4.78 is 0. The molecular weight excluding hydrogens is 246 g/mol. The highest BCUT2D eigenvalue weighted by molar-refractivity contribution is 7.99. The number of carbonyl (C=O) groups is 1. The molecule has 0 spiro atoms. The minimum absolute atomic E-state index is 0.115. The fourth-order valence-corrected chi connectivity index (χ4v) is 3.52. The highest BCUT2D eigenvalue weighted by Crippen LogP contribution is 2.29. The maximum atomic E-state index is 12.1. The number of hydrogen-bond donors (Lipinski definition) is 2. The summed E-state index contributed by atoms with van der Waals surface area (Å²) >= 11 is 1.93. The number of thioether (sulfide) groups is 1. The van der Waals surface area contributed by atoms with Crippen molar-refractivity contribution in [2.75, 3.05) is 11.5 Å². The van der Waals surface area contributed by atoms with Gasteiger partial charge in [0.1, 0.15) is 5.69 Å². The van der Waals surface area contributed by atoms with Gasteiger partial charge < -0.3 is 11.1 Å². The summed E-state index contributed by atoms with van der Waals surface area (Å²) in [5, 5.41) is 3.62. The standard InChI is InChI=1S/C13H19N3OS/c1-2-18-12-5-3-4-10(12)16-13(17)11-8-9(14)6-7-15-11/h6-8,10,12H,2-5H2,1H3,(H2,14,15)(H,16,17). The van der Waals surface area contributed by atoms with Crippen molar-refractivity contribution in [1.82, 2.24) is 10.3 Å². The Morgan fingerprint density at radius 1 is 1.61 bits per heavy atom. The predicted octanol–water partition coefficient (Wildman–Crippen LogP) is 2.07. The molecule has 0 radical (unpaired) electrons. The fourth-order valence-electron chi connectivity index (χ4n) is 2.32. The Morgan fingerprint density at radius 2 is 2.44 bits per heavy atom. The molecule has 1 fully saturated rings. The van der Waals surface area contributed by atoms with E-state index in [-0.39, 0.29) is 11.9 Å². The topological polar surface area (TPSA) is 68.0 Å². The van der Waals surface area contributed by atoms with Crippen LogP contribution in [0.3, 0.4) is 0 Å². The Kier molecular flexibility index (Phi) is 4.47. The summed E-state index contributed by atoms with van der Waals surface area (Å²) in [6.07, 6.45) is 5.00. The predicted molar refractivity (Wildman–Crippen MR) is 75.7 cm³/mol. The lowest BCUT2D eigenvalue weighted by atomic mass is 10.2. The largest absolute Gasteiger partial charge is 0.399 e. The minimum Gasteiger partial charge on any atom is -0.399 e. The minimum atomic E-state index is -0.115. The van der Waals surface area contributed by atoms with Gasteiger partial charge in [-0.3, -0.25) is 9.78 Å². The van der Waals surface area contributed by atoms with Crippen molar-refractivity contribution in [1.29, 1.82) is 0 Å². The van der Waals surface area contributed by atoms with Crippen molar-refractivity contribution in [2.24, 2.45) is 0 Å². The molecule has 3 N–H and O–H groups in total. The summed E-state index contributed by atoms with van der Waals surface area (Å²) in [5.74, 6) is 0.976. The molecule has 1 heterocycles. The van der Waals surface area contributed by atoms with Crippen LogP contribution in [0.5, 0.6) is 0 Å². The summed E-state index contributed by atoms with van der Waals surface area (Å²) in [7, 11) is 0. The van der Waals surface area contributed by atoms with Crippen molar-refractivity contribution < 1.29 is 4.79 Å². The third-order valence-corrected chi connectivity index (χ3v) is 4.49. The van der Waals surface area contributed by atoms with Crippen LogP contribution in [0.1, 0.15) is 36.7 Å². The third-order valence-electron chi connectivity index (χ3n) is 3.17. The van der Waals surface area contributed by atoms with Crippen molar-refractivity contribution >= 4 is 23.4 Å². The molecule has 4 nitrogen and oxygen atoms in total. The van der Waals surface area contributed by atoms with E-state index in [9.17, 15) is 4.79 Å². The number of nitrogens with zero attached hydrogens (tertiary/aromatic N) is 1. The Morgan fingerprint density at radius 3 is 3.17 bits per heavy atom. The van der Waals surface area contributed by atoms with Gasteiger partial charge in [0.2, 0.25) is 0 Å². The molecule has 0 bridgehead atoms. The van der Waals surface area contributed by atoms with Crippen molar-refractivity contribution in [2.45, 2.75) is 37.5 Å². The van der Waals surface area contributed by atoms with Gasteiger partial charge in [0.05, 0.1) is 0 Å². The number of pyridine rings is 1. The highest BCUT2D eigenvalue weighted by atomic mass is 32.2. The highest BCUT2D eigenvalue weighted by Gasteiger charge is 2.28. The fraction of sp³-hybridized carbons (Fsp3) is 0.538. The van der Waals surface area contributed by atoms with E-state index in [1.807, 2.05) is 11.8 Å². The van der Waals surface area contributed by atoms with Gasteiger partial charge >= 0.3 is 0 Å². The van der Waals surface area contributed by atoms with E-state index in [1.165, 1.54) is 12.8 Å². The molecule has 1 aliphatic carbocycles.